The van der Waals surface area contributed by atoms with Gasteiger partial charge in [-0.15, -0.1) is 0 Å². The van der Waals surface area contributed by atoms with Gasteiger partial charge in [0.15, 0.2) is 0 Å². The summed E-state index contributed by atoms with van der Waals surface area (Å²) in [6, 6.07) is 21.5. The van der Waals surface area contributed by atoms with Gasteiger partial charge in [-0.05, 0) is 42.2 Å². The molecule has 2 aromatic rings. The van der Waals surface area contributed by atoms with Gasteiger partial charge in [-0.2, -0.15) is 0 Å². The third kappa shape index (κ3) is 2.60. The monoisotopic (exact) mass is 249 g/mol. The van der Waals surface area contributed by atoms with Crippen molar-refractivity contribution in [3.05, 3.63) is 71.8 Å². The molecular formula is C18H19N. The molecule has 1 saturated carbocycles. The summed E-state index contributed by atoms with van der Waals surface area (Å²) in [6.45, 7) is 0. The van der Waals surface area contributed by atoms with E-state index in [1.165, 1.54) is 11.1 Å². The van der Waals surface area contributed by atoms with E-state index in [0.717, 1.165) is 25.0 Å². The van der Waals surface area contributed by atoms with E-state index in [0.29, 0.717) is 11.8 Å². The summed E-state index contributed by atoms with van der Waals surface area (Å²) in [5, 5.41) is 8.02. The van der Waals surface area contributed by atoms with Crippen LogP contribution in [0.5, 0.6) is 0 Å². The van der Waals surface area contributed by atoms with Crippen molar-refractivity contribution in [3.8, 4) is 0 Å². The topological polar surface area (TPSA) is 23.9 Å². The van der Waals surface area contributed by atoms with Gasteiger partial charge < -0.3 is 5.41 Å². The Morgan fingerprint density at radius 1 is 0.737 bits per heavy atom. The summed E-state index contributed by atoms with van der Waals surface area (Å²) in [5.41, 5.74) is 3.70. The number of rotatable bonds is 2. The van der Waals surface area contributed by atoms with Crippen LogP contribution < -0.4 is 0 Å². The zero-order valence-electron chi connectivity index (χ0n) is 11.0. The second-order valence-electron chi connectivity index (χ2n) is 5.38. The van der Waals surface area contributed by atoms with Crippen LogP contribution in [0.1, 0.15) is 42.2 Å². The lowest BCUT2D eigenvalue weighted by molar-refractivity contribution is 0.490. The average Bonchev–Trinajstić information content (AvgIpc) is 2.49. The van der Waals surface area contributed by atoms with Crippen molar-refractivity contribution >= 4 is 5.71 Å². The Morgan fingerprint density at radius 3 is 1.84 bits per heavy atom. The summed E-state index contributed by atoms with van der Waals surface area (Å²) in [6.07, 6.45) is 2.95. The summed E-state index contributed by atoms with van der Waals surface area (Å²) >= 11 is 0. The van der Waals surface area contributed by atoms with Gasteiger partial charge in [0.05, 0.1) is 0 Å². The minimum Gasteiger partial charge on any atom is -0.310 e. The van der Waals surface area contributed by atoms with Crippen LogP contribution in [0.3, 0.4) is 0 Å². The van der Waals surface area contributed by atoms with E-state index in [-0.39, 0.29) is 0 Å². The molecule has 0 amide bonds. The molecule has 0 spiro atoms. The molecule has 1 aliphatic carbocycles. The molecule has 0 aliphatic heterocycles. The summed E-state index contributed by atoms with van der Waals surface area (Å²) in [4.78, 5) is 0. The number of benzene rings is 2. The molecule has 2 atom stereocenters. The maximum Gasteiger partial charge on any atom is 0.00957 e. The van der Waals surface area contributed by atoms with E-state index in [1.54, 1.807) is 0 Å². The third-order valence-electron chi connectivity index (χ3n) is 4.16. The highest BCUT2D eigenvalue weighted by Gasteiger charge is 2.29. The Bertz CT molecular complexity index is 544. The molecule has 1 nitrogen and oxygen atoms in total. The van der Waals surface area contributed by atoms with Crippen molar-refractivity contribution in [1.29, 1.82) is 5.41 Å². The lowest BCUT2D eigenvalue weighted by Gasteiger charge is -2.32. The van der Waals surface area contributed by atoms with Crippen LogP contribution in [-0.2, 0) is 0 Å². The van der Waals surface area contributed by atoms with E-state index >= 15 is 0 Å². The van der Waals surface area contributed by atoms with Gasteiger partial charge in [0, 0.05) is 5.71 Å². The van der Waals surface area contributed by atoms with Gasteiger partial charge in [0.2, 0.25) is 0 Å². The predicted octanol–water partition coefficient (Wildman–Crippen LogP) is 4.76. The number of hydrogen-bond acceptors (Lipinski definition) is 1. The standard InChI is InChI=1S/C18H19N/c19-16-11-12-17(14-7-3-1-4-8-14)18(13-16)15-9-5-2-6-10-15/h1-10,17-19H,11-13H2/t17-,18-/m0/s1. The molecule has 0 unspecified atom stereocenters. The summed E-state index contributed by atoms with van der Waals surface area (Å²) in [7, 11) is 0. The first kappa shape index (κ1) is 12.2. The molecule has 2 aromatic carbocycles. The van der Waals surface area contributed by atoms with Crippen molar-refractivity contribution in [2.45, 2.75) is 31.1 Å². The van der Waals surface area contributed by atoms with Crippen LogP contribution in [-0.4, -0.2) is 5.71 Å². The maximum atomic E-state index is 8.02. The largest absolute Gasteiger partial charge is 0.310 e. The molecule has 19 heavy (non-hydrogen) atoms. The molecule has 96 valence electrons. The highest BCUT2D eigenvalue weighted by atomic mass is 14.5. The summed E-state index contributed by atoms with van der Waals surface area (Å²) in [5.74, 6) is 1.02. The molecule has 0 radical (unpaired) electrons. The Balaban J connectivity index is 1.95. The third-order valence-corrected chi connectivity index (χ3v) is 4.16. The highest BCUT2D eigenvalue weighted by molar-refractivity contribution is 5.83. The Morgan fingerprint density at radius 2 is 1.26 bits per heavy atom. The fourth-order valence-corrected chi connectivity index (χ4v) is 3.19. The Labute approximate surface area is 114 Å². The lowest BCUT2D eigenvalue weighted by Crippen LogP contribution is -2.21. The average molecular weight is 249 g/mol. The maximum absolute atomic E-state index is 8.02. The van der Waals surface area contributed by atoms with Gasteiger partial charge >= 0.3 is 0 Å². The molecule has 0 bridgehead atoms. The minimum atomic E-state index is 0.463. The van der Waals surface area contributed by atoms with E-state index in [9.17, 15) is 0 Å². The molecule has 1 N–H and O–H groups in total. The SMILES string of the molecule is N=C1CC[C@@H](c2ccccc2)[C@H](c2ccccc2)C1. The van der Waals surface area contributed by atoms with Crippen LogP contribution in [0.2, 0.25) is 0 Å². The zero-order valence-corrected chi connectivity index (χ0v) is 11.0. The fraction of sp³-hybridized carbons (Fsp3) is 0.278. The first-order valence-electron chi connectivity index (χ1n) is 7.01. The first-order chi connectivity index (χ1) is 9.34. The van der Waals surface area contributed by atoms with Crippen molar-refractivity contribution in [1.82, 2.24) is 0 Å². The molecule has 1 fully saturated rings. The van der Waals surface area contributed by atoms with E-state index in [1.807, 2.05) is 0 Å². The molecule has 0 aromatic heterocycles. The van der Waals surface area contributed by atoms with Gasteiger partial charge in [0.25, 0.3) is 0 Å². The highest BCUT2D eigenvalue weighted by Crippen LogP contribution is 2.42. The Hall–Kier alpha value is -1.89. The van der Waals surface area contributed by atoms with Crippen molar-refractivity contribution < 1.29 is 0 Å². The lowest BCUT2D eigenvalue weighted by atomic mass is 9.72. The normalized spacial score (nSPS) is 23.3. The van der Waals surface area contributed by atoms with E-state index < -0.39 is 0 Å². The van der Waals surface area contributed by atoms with Crippen LogP contribution in [0.15, 0.2) is 60.7 Å². The quantitative estimate of drug-likeness (QED) is 0.793. The van der Waals surface area contributed by atoms with Gasteiger partial charge in [-0.3, -0.25) is 0 Å². The smallest absolute Gasteiger partial charge is 0.00957 e. The second kappa shape index (κ2) is 5.40. The number of hydrogen-bond donors (Lipinski definition) is 1. The van der Waals surface area contributed by atoms with E-state index in [2.05, 4.69) is 60.7 Å². The molecule has 1 aliphatic rings. The van der Waals surface area contributed by atoms with Crippen molar-refractivity contribution in [2.24, 2.45) is 0 Å². The van der Waals surface area contributed by atoms with Crippen LogP contribution >= 0.6 is 0 Å². The second-order valence-corrected chi connectivity index (χ2v) is 5.38. The van der Waals surface area contributed by atoms with Crippen LogP contribution in [0.4, 0.5) is 0 Å². The van der Waals surface area contributed by atoms with Gasteiger partial charge in [-0.1, -0.05) is 60.7 Å². The van der Waals surface area contributed by atoms with E-state index in [4.69, 9.17) is 5.41 Å². The Kier molecular flexibility index (Phi) is 3.45. The van der Waals surface area contributed by atoms with Crippen LogP contribution in [0.25, 0.3) is 0 Å². The van der Waals surface area contributed by atoms with Crippen molar-refractivity contribution in [3.63, 3.8) is 0 Å². The molecule has 0 heterocycles. The minimum absolute atomic E-state index is 0.463. The molecule has 1 heteroatoms. The van der Waals surface area contributed by atoms with Gasteiger partial charge in [0.1, 0.15) is 0 Å². The number of nitrogens with one attached hydrogen (secondary N) is 1. The molecule has 3 rings (SSSR count). The zero-order chi connectivity index (χ0) is 13.1. The van der Waals surface area contributed by atoms with Gasteiger partial charge in [-0.25, -0.2) is 0 Å². The predicted molar refractivity (Wildman–Crippen MR) is 79.9 cm³/mol. The fourth-order valence-electron chi connectivity index (χ4n) is 3.19. The molecular weight excluding hydrogens is 230 g/mol. The van der Waals surface area contributed by atoms with Crippen molar-refractivity contribution in [2.75, 3.05) is 0 Å². The van der Waals surface area contributed by atoms with Crippen LogP contribution in [0, 0.1) is 5.41 Å². The summed E-state index contributed by atoms with van der Waals surface area (Å²) < 4.78 is 0. The first-order valence-corrected chi connectivity index (χ1v) is 7.01. The molecule has 0 saturated heterocycles.